The molecule has 0 amide bonds. The molecule has 8 atom stereocenters. The Balaban J connectivity index is 1.73. The number of carboxylic acid groups (broad SMARTS) is 2. The standard InChI is InChI=1S/C12H12O4/c13-9(14)11-4-2-1-3-6-5(4)8(11)12(6,7(3)11)10(15)16/h3-8H,1-2H2,(H,13,14)(H,15,16)/t3-,4-,5-,6-,7+,8+,11+,12+/m1/s1. The van der Waals surface area contributed by atoms with Gasteiger partial charge in [0.25, 0.3) is 0 Å². The summed E-state index contributed by atoms with van der Waals surface area (Å²) >= 11 is 0. The van der Waals surface area contributed by atoms with Crippen molar-refractivity contribution < 1.29 is 19.8 Å². The summed E-state index contributed by atoms with van der Waals surface area (Å²) in [4.78, 5) is 22.9. The molecule has 0 saturated heterocycles. The Bertz CT molecular complexity index is 481. The molecular weight excluding hydrogens is 208 g/mol. The highest BCUT2D eigenvalue weighted by molar-refractivity contribution is 5.93. The van der Waals surface area contributed by atoms with Crippen molar-refractivity contribution in [1.29, 1.82) is 0 Å². The molecule has 6 aliphatic carbocycles. The monoisotopic (exact) mass is 220 g/mol. The minimum Gasteiger partial charge on any atom is -0.481 e. The Morgan fingerprint density at radius 2 is 1.69 bits per heavy atom. The Hall–Kier alpha value is -1.06. The highest BCUT2D eigenvalue weighted by Crippen LogP contribution is 3.01. The van der Waals surface area contributed by atoms with Crippen LogP contribution < -0.4 is 0 Å². The van der Waals surface area contributed by atoms with Crippen LogP contribution in [0.1, 0.15) is 12.8 Å². The predicted molar refractivity (Wildman–Crippen MR) is 50.3 cm³/mol. The summed E-state index contributed by atoms with van der Waals surface area (Å²) in [7, 11) is 0. The topological polar surface area (TPSA) is 74.6 Å². The Morgan fingerprint density at radius 1 is 1.00 bits per heavy atom. The first-order chi connectivity index (χ1) is 7.60. The molecule has 2 N–H and O–H groups in total. The summed E-state index contributed by atoms with van der Waals surface area (Å²) in [5.74, 6) is 0.0975. The van der Waals surface area contributed by atoms with Gasteiger partial charge in [-0.2, -0.15) is 0 Å². The fourth-order valence-electron chi connectivity index (χ4n) is 7.10. The van der Waals surface area contributed by atoms with Gasteiger partial charge in [0.05, 0.1) is 10.8 Å². The zero-order valence-corrected chi connectivity index (χ0v) is 8.59. The van der Waals surface area contributed by atoms with E-state index in [1.54, 1.807) is 0 Å². The van der Waals surface area contributed by atoms with Crippen LogP contribution in [0.25, 0.3) is 0 Å². The van der Waals surface area contributed by atoms with Crippen LogP contribution in [0.4, 0.5) is 0 Å². The maximum Gasteiger partial charge on any atom is 0.310 e. The van der Waals surface area contributed by atoms with Crippen molar-refractivity contribution in [3.63, 3.8) is 0 Å². The van der Waals surface area contributed by atoms with Crippen LogP contribution in [-0.4, -0.2) is 22.2 Å². The highest BCUT2D eigenvalue weighted by Gasteiger charge is 3.05. The van der Waals surface area contributed by atoms with Crippen molar-refractivity contribution in [1.82, 2.24) is 0 Å². The van der Waals surface area contributed by atoms with Crippen molar-refractivity contribution in [3.05, 3.63) is 0 Å². The molecule has 0 aliphatic heterocycles. The normalized spacial score (nSPS) is 70.2. The van der Waals surface area contributed by atoms with Gasteiger partial charge in [-0.05, 0) is 48.3 Å². The number of hydrogen-bond donors (Lipinski definition) is 2. The molecular formula is C12H12O4. The summed E-state index contributed by atoms with van der Waals surface area (Å²) in [5.41, 5.74) is -1.18. The van der Waals surface area contributed by atoms with Crippen molar-refractivity contribution >= 4 is 11.9 Å². The number of fused-ring (bicyclic) bond motifs is 1. The quantitative estimate of drug-likeness (QED) is 0.717. The Morgan fingerprint density at radius 3 is 2.25 bits per heavy atom. The van der Waals surface area contributed by atoms with Gasteiger partial charge in [-0.1, -0.05) is 0 Å². The first-order valence-corrected chi connectivity index (χ1v) is 6.07. The van der Waals surface area contributed by atoms with Gasteiger partial charge >= 0.3 is 11.9 Å². The van der Waals surface area contributed by atoms with Gasteiger partial charge in [-0.25, -0.2) is 0 Å². The number of carbonyl (C=O) groups is 2. The van der Waals surface area contributed by atoms with E-state index in [1.807, 2.05) is 0 Å². The lowest BCUT2D eigenvalue weighted by atomic mass is 9.01. The molecule has 16 heavy (non-hydrogen) atoms. The van der Waals surface area contributed by atoms with E-state index < -0.39 is 22.8 Å². The molecule has 6 fully saturated rings. The van der Waals surface area contributed by atoms with Crippen LogP contribution in [0.15, 0.2) is 0 Å². The van der Waals surface area contributed by atoms with Gasteiger partial charge < -0.3 is 10.2 Å². The molecule has 0 aromatic rings. The molecule has 6 rings (SSSR count). The zero-order valence-electron chi connectivity index (χ0n) is 8.59. The first kappa shape index (κ1) is 8.09. The van der Waals surface area contributed by atoms with E-state index in [-0.39, 0.29) is 11.8 Å². The summed E-state index contributed by atoms with van der Waals surface area (Å²) in [6.45, 7) is 0. The number of rotatable bonds is 2. The Kier molecular flexibility index (Phi) is 0.865. The zero-order chi connectivity index (χ0) is 11.0. The third-order valence-corrected chi connectivity index (χ3v) is 6.93. The second kappa shape index (κ2) is 1.71. The van der Waals surface area contributed by atoms with E-state index in [4.69, 9.17) is 0 Å². The van der Waals surface area contributed by atoms with E-state index >= 15 is 0 Å². The fourth-order valence-corrected chi connectivity index (χ4v) is 7.10. The van der Waals surface area contributed by atoms with Crippen LogP contribution in [0.2, 0.25) is 0 Å². The van der Waals surface area contributed by atoms with Crippen molar-refractivity contribution in [2.24, 2.45) is 46.3 Å². The lowest BCUT2D eigenvalue weighted by Gasteiger charge is -2.99. The summed E-state index contributed by atoms with van der Waals surface area (Å²) in [6, 6.07) is 0. The maximum atomic E-state index is 11.5. The summed E-state index contributed by atoms with van der Waals surface area (Å²) in [5, 5.41) is 18.9. The molecule has 84 valence electrons. The van der Waals surface area contributed by atoms with Gasteiger partial charge in [0.2, 0.25) is 0 Å². The van der Waals surface area contributed by atoms with E-state index in [0.717, 1.165) is 12.8 Å². The predicted octanol–water partition coefficient (Wildman–Crippen LogP) is 0.674. The molecule has 0 aromatic heterocycles. The molecule has 0 radical (unpaired) electrons. The van der Waals surface area contributed by atoms with E-state index in [1.165, 1.54) is 0 Å². The van der Waals surface area contributed by atoms with Crippen LogP contribution >= 0.6 is 0 Å². The van der Waals surface area contributed by atoms with Gasteiger partial charge in [-0.3, -0.25) is 9.59 Å². The molecule has 6 aliphatic rings. The van der Waals surface area contributed by atoms with Gasteiger partial charge in [0.15, 0.2) is 0 Å². The lowest BCUT2D eigenvalue weighted by molar-refractivity contribution is -0.532. The van der Waals surface area contributed by atoms with E-state index in [9.17, 15) is 19.8 Å². The maximum absolute atomic E-state index is 11.5. The molecule has 0 spiro atoms. The Labute approximate surface area is 91.6 Å². The van der Waals surface area contributed by atoms with Gasteiger partial charge in [0, 0.05) is 0 Å². The van der Waals surface area contributed by atoms with Crippen molar-refractivity contribution in [3.8, 4) is 0 Å². The summed E-state index contributed by atoms with van der Waals surface area (Å²) < 4.78 is 0. The molecule has 6 saturated carbocycles. The SMILES string of the molecule is O=C(O)[C@]12[C@@H]3[C@H]4CC[C@@H]5[C@H]3[C@H]1[C@@]5(C(=O)O)[C@H]42. The minimum absolute atomic E-state index is 0.00782. The van der Waals surface area contributed by atoms with Crippen LogP contribution in [0, 0.1) is 46.3 Å². The summed E-state index contributed by atoms with van der Waals surface area (Å²) in [6.07, 6.45) is 2.11. The molecule has 0 heterocycles. The number of aliphatic carboxylic acids is 2. The van der Waals surface area contributed by atoms with E-state index in [2.05, 4.69) is 0 Å². The second-order valence-electron chi connectivity index (χ2n) is 6.38. The average Bonchev–Trinajstić information content (AvgIpc) is 2.14. The number of hydrogen-bond acceptors (Lipinski definition) is 2. The van der Waals surface area contributed by atoms with Crippen molar-refractivity contribution in [2.75, 3.05) is 0 Å². The van der Waals surface area contributed by atoms with Gasteiger partial charge in [-0.15, -0.1) is 0 Å². The molecule has 0 aromatic carbocycles. The molecule has 4 heteroatoms. The fraction of sp³-hybridized carbons (Fsp3) is 0.833. The van der Waals surface area contributed by atoms with Crippen LogP contribution in [0.3, 0.4) is 0 Å². The lowest BCUT2D eigenvalue weighted by Crippen LogP contribution is -3.02. The first-order valence-electron chi connectivity index (χ1n) is 6.07. The molecule has 4 nitrogen and oxygen atoms in total. The minimum atomic E-state index is -0.711. The third-order valence-electron chi connectivity index (χ3n) is 6.93. The molecule has 2 bridgehead atoms. The smallest absolute Gasteiger partial charge is 0.310 e. The second-order valence-corrected chi connectivity index (χ2v) is 6.38. The largest absolute Gasteiger partial charge is 0.481 e. The average molecular weight is 220 g/mol. The van der Waals surface area contributed by atoms with Crippen molar-refractivity contribution in [2.45, 2.75) is 12.8 Å². The van der Waals surface area contributed by atoms with Crippen LogP contribution in [-0.2, 0) is 9.59 Å². The molecule has 0 unspecified atom stereocenters. The third kappa shape index (κ3) is 0.356. The highest BCUT2D eigenvalue weighted by atomic mass is 16.4. The number of carboxylic acids is 2. The van der Waals surface area contributed by atoms with Gasteiger partial charge in [0.1, 0.15) is 0 Å². The van der Waals surface area contributed by atoms with E-state index in [0.29, 0.717) is 23.7 Å². The van der Waals surface area contributed by atoms with Crippen LogP contribution in [0.5, 0.6) is 0 Å².